The monoisotopic (exact) mass is 185 g/mol. The van der Waals surface area contributed by atoms with Crippen LogP contribution < -0.4 is 0 Å². The fourth-order valence-corrected chi connectivity index (χ4v) is 1.44. The van der Waals surface area contributed by atoms with Crippen LogP contribution in [-0.4, -0.2) is 35.1 Å². The van der Waals surface area contributed by atoms with Gasteiger partial charge in [-0.3, -0.25) is 4.79 Å². The second kappa shape index (κ2) is 3.66. The van der Waals surface area contributed by atoms with E-state index in [1.807, 2.05) is 0 Å². The van der Waals surface area contributed by atoms with Gasteiger partial charge in [-0.15, -0.1) is 0 Å². The molecule has 0 saturated carbocycles. The van der Waals surface area contributed by atoms with Crippen LogP contribution in [0.1, 0.15) is 33.6 Å². The maximum Gasteiger partial charge on any atom is 0.225 e. The van der Waals surface area contributed by atoms with Crippen LogP contribution in [0.2, 0.25) is 0 Å². The van der Waals surface area contributed by atoms with E-state index in [0.29, 0.717) is 13.0 Å². The van der Waals surface area contributed by atoms with Crippen LogP contribution in [0.5, 0.6) is 0 Å². The van der Waals surface area contributed by atoms with E-state index in [2.05, 4.69) is 20.8 Å². The third-order valence-corrected chi connectivity index (χ3v) is 2.33. The van der Waals surface area contributed by atoms with Gasteiger partial charge in [0.2, 0.25) is 5.91 Å². The summed E-state index contributed by atoms with van der Waals surface area (Å²) >= 11 is 0. The molecule has 76 valence electrons. The molecule has 1 amide bonds. The molecule has 13 heavy (non-hydrogen) atoms. The Morgan fingerprint density at radius 3 is 2.54 bits per heavy atom. The van der Waals surface area contributed by atoms with Crippen molar-refractivity contribution >= 4 is 5.91 Å². The Bertz CT molecular complexity index is 196. The van der Waals surface area contributed by atoms with Gasteiger partial charge >= 0.3 is 0 Å². The zero-order chi connectivity index (χ0) is 10.1. The predicted octanol–water partition coefficient (Wildman–Crippen LogP) is 1.02. The summed E-state index contributed by atoms with van der Waals surface area (Å²) in [6, 6.07) is 0. The summed E-state index contributed by atoms with van der Waals surface area (Å²) in [5.74, 6) is 0.0942. The Balaban J connectivity index is 2.34. The quantitative estimate of drug-likeness (QED) is 0.697. The third-order valence-electron chi connectivity index (χ3n) is 2.33. The van der Waals surface area contributed by atoms with Crippen LogP contribution in [0.25, 0.3) is 0 Å². The number of carbonyl (C=O) groups excluding carboxylic acids is 1. The van der Waals surface area contributed by atoms with E-state index in [0.717, 1.165) is 13.0 Å². The molecule has 1 atom stereocenters. The highest BCUT2D eigenvalue weighted by Crippen LogP contribution is 2.20. The molecule has 0 radical (unpaired) electrons. The largest absolute Gasteiger partial charge is 0.391 e. The second-order valence-electron chi connectivity index (χ2n) is 5.01. The molecule has 1 fully saturated rings. The highest BCUT2D eigenvalue weighted by atomic mass is 16.3. The minimum absolute atomic E-state index is 0.0942. The van der Waals surface area contributed by atoms with Gasteiger partial charge in [-0.1, -0.05) is 20.8 Å². The Morgan fingerprint density at radius 1 is 1.54 bits per heavy atom. The van der Waals surface area contributed by atoms with Gasteiger partial charge in [0, 0.05) is 13.1 Å². The van der Waals surface area contributed by atoms with E-state index in [-0.39, 0.29) is 11.3 Å². The van der Waals surface area contributed by atoms with Crippen LogP contribution >= 0.6 is 0 Å². The normalized spacial score (nSPS) is 24.2. The number of hydrogen-bond donors (Lipinski definition) is 1. The van der Waals surface area contributed by atoms with Crippen molar-refractivity contribution in [1.29, 1.82) is 0 Å². The van der Waals surface area contributed by atoms with E-state index in [1.54, 1.807) is 4.90 Å². The number of likely N-dealkylation sites (tertiary alicyclic amines) is 1. The molecule has 1 heterocycles. The SMILES string of the molecule is CC(C)(C)CCN1CC(O)CC1=O. The van der Waals surface area contributed by atoms with Gasteiger partial charge in [0.25, 0.3) is 0 Å². The van der Waals surface area contributed by atoms with E-state index >= 15 is 0 Å². The first kappa shape index (κ1) is 10.5. The van der Waals surface area contributed by atoms with Gasteiger partial charge in [-0.2, -0.15) is 0 Å². The maximum atomic E-state index is 11.3. The predicted molar refractivity (Wildman–Crippen MR) is 51.3 cm³/mol. The van der Waals surface area contributed by atoms with Crippen molar-refractivity contribution in [2.75, 3.05) is 13.1 Å². The first-order valence-corrected chi connectivity index (χ1v) is 4.84. The molecule has 1 aliphatic heterocycles. The lowest BCUT2D eigenvalue weighted by atomic mass is 9.92. The summed E-state index contributed by atoms with van der Waals surface area (Å²) in [7, 11) is 0. The summed E-state index contributed by atoms with van der Waals surface area (Å²) < 4.78 is 0. The van der Waals surface area contributed by atoms with Crippen molar-refractivity contribution in [1.82, 2.24) is 4.90 Å². The lowest BCUT2D eigenvalue weighted by Gasteiger charge is -2.23. The summed E-state index contributed by atoms with van der Waals surface area (Å²) in [4.78, 5) is 13.0. The Kier molecular flexibility index (Phi) is 2.96. The van der Waals surface area contributed by atoms with Crippen molar-refractivity contribution in [2.24, 2.45) is 5.41 Å². The molecule has 0 aromatic heterocycles. The van der Waals surface area contributed by atoms with E-state index in [9.17, 15) is 9.90 Å². The summed E-state index contributed by atoms with van der Waals surface area (Å²) in [5.41, 5.74) is 0.258. The van der Waals surface area contributed by atoms with Crippen molar-refractivity contribution in [3.63, 3.8) is 0 Å². The summed E-state index contributed by atoms with van der Waals surface area (Å²) in [6.45, 7) is 7.77. The molecule has 0 aliphatic carbocycles. The molecular formula is C10H19NO2. The zero-order valence-corrected chi connectivity index (χ0v) is 8.71. The zero-order valence-electron chi connectivity index (χ0n) is 8.71. The lowest BCUT2D eigenvalue weighted by Crippen LogP contribution is -2.29. The third kappa shape index (κ3) is 3.35. The molecule has 1 saturated heterocycles. The topological polar surface area (TPSA) is 40.5 Å². The molecule has 1 unspecified atom stereocenters. The van der Waals surface area contributed by atoms with Crippen molar-refractivity contribution < 1.29 is 9.90 Å². The molecule has 0 aromatic rings. The van der Waals surface area contributed by atoms with Crippen LogP contribution in [0.3, 0.4) is 0 Å². The molecule has 3 heteroatoms. The summed E-state index contributed by atoms with van der Waals surface area (Å²) in [6.07, 6.45) is 0.864. The fraction of sp³-hybridized carbons (Fsp3) is 0.900. The standard InChI is InChI=1S/C10H19NO2/c1-10(2,3)4-5-11-7-8(12)6-9(11)13/h8,12H,4-7H2,1-3H3. The summed E-state index contributed by atoms with van der Waals surface area (Å²) in [5, 5.41) is 9.24. The Morgan fingerprint density at radius 2 is 2.15 bits per heavy atom. The van der Waals surface area contributed by atoms with Crippen LogP contribution in [0.15, 0.2) is 0 Å². The van der Waals surface area contributed by atoms with Crippen molar-refractivity contribution in [3.05, 3.63) is 0 Å². The van der Waals surface area contributed by atoms with Crippen molar-refractivity contribution in [3.8, 4) is 0 Å². The van der Waals surface area contributed by atoms with E-state index in [4.69, 9.17) is 0 Å². The number of carbonyl (C=O) groups is 1. The van der Waals surface area contributed by atoms with Crippen LogP contribution in [-0.2, 0) is 4.79 Å². The first-order chi connectivity index (χ1) is 5.88. The van der Waals surface area contributed by atoms with E-state index in [1.165, 1.54) is 0 Å². The number of nitrogens with zero attached hydrogens (tertiary/aromatic N) is 1. The minimum atomic E-state index is -0.438. The molecule has 1 aliphatic rings. The van der Waals surface area contributed by atoms with Gasteiger partial charge in [0.1, 0.15) is 0 Å². The molecule has 0 aromatic carbocycles. The smallest absolute Gasteiger partial charge is 0.225 e. The van der Waals surface area contributed by atoms with E-state index < -0.39 is 6.10 Å². The average Bonchev–Trinajstić information content (AvgIpc) is 2.24. The molecule has 3 nitrogen and oxygen atoms in total. The number of aliphatic hydroxyl groups is 1. The molecule has 0 bridgehead atoms. The lowest BCUT2D eigenvalue weighted by molar-refractivity contribution is -0.128. The maximum absolute atomic E-state index is 11.3. The minimum Gasteiger partial charge on any atom is -0.391 e. The number of amides is 1. The van der Waals surface area contributed by atoms with Crippen LogP contribution in [0, 0.1) is 5.41 Å². The molecular weight excluding hydrogens is 166 g/mol. The van der Waals surface area contributed by atoms with Crippen LogP contribution in [0.4, 0.5) is 0 Å². The fourth-order valence-electron chi connectivity index (χ4n) is 1.44. The number of rotatable bonds is 2. The number of aliphatic hydroxyl groups excluding tert-OH is 1. The molecule has 0 spiro atoms. The molecule has 1 rings (SSSR count). The Hall–Kier alpha value is -0.570. The van der Waals surface area contributed by atoms with Gasteiger partial charge in [-0.05, 0) is 11.8 Å². The highest BCUT2D eigenvalue weighted by Gasteiger charge is 2.28. The highest BCUT2D eigenvalue weighted by molar-refractivity contribution is 5.78. The van der Waals surface area contributed by atoms with Gasteiger partial charge in [0.05, 0.1) is 12.5 Å². The average molecular weight is 185 g/mol. The Labute approximate surface area is 79.7 Å². The molecule has 1 N–H and O–H groups in total. The van der Waals surface area contributed by atoms with Gasteiger partial charge < -0.3 is 10.0 Å². The number of hydrogen-bond acceptors (Lipinski definition) is 2. The second-order valence-corrected chi connectivity index (χ2v) is 5.01. The first-order valence-electron chi connectivity index (χ1n) is 4.84. The number of β-amino-alcohol motifs (C(OH)–C–C–N with tert-alkyl or cyclic N) is 1. The van der Waals surface area contributed by atoms with Crippen molar-refractivity contribution in [2.45, 2.75) is 39.7 Å². The van der Waals surface area contributed by atoms with Gasteiger partial charge in [-0.25, -0.2) is 0 Å². The van der Waals surface area contributed by atoms with Gasteiger partial charge in [0.15, 0.2) is 0 Å².